The van der Waals surface area contributed by atoms with Gasteiger partial charge in [0.15, 0.2) is 5.82 Å². The highest BCUT2D eigenvalue weighted by Crippen LogP contribution is 2.20. The first kappa shape index (κ1) is 9.36. The predicted octanol–water partition coefficient (Wildman–Crippen LogP) is 1.44. The number of nitrogens with zero attached hydrogens (tertiary/aromatic N) is 3. The van der Waals surface area contributed by atoms with Gasteiger partial charge in [0.25, 0.3) is 0 Å². The van der Waals surface area contributed by atoms with Gasteiger partial charge in [-0.25, -0.2) is 0 Å². The molecule has 0 aliphatic rings. The van der Waals surface area contributed by atoms with Gasteiger partial charge >= 0.3 is 0 Å². The lowest BCUT2D eigenvalue weighted by Crippen LogP contribution is -2.09. The second kappa shape index (κ2) is 3.89. The maximum atomic E-state index is 9.03. The summed E-state index contributed by atoms with van der Waals surface area (Å²) in [6.45, 7) is 1.99. The second-order valence-corrected chi connectivity index (χ2v) is 3.83. The zero-order valence-corrected chi connectivity index (χ0v) is 8.61. The molecule has 2 aromatic heterocycles. The number of aromatic nitrogens is 3. The van der Waals surface area contributed by atoms with Gasteiger partial charge in [-0.1, -0.05) is 0 Å². The summed E-state index contributed by atoms with van der Waals surface area (Å²) < 4.78 is 1.88. The minimum Gasteiger partial charge on any atom is -0.388 e. The van der Waals surface area contributed by atoms with Crippen molar-refractivity contribution in [3.63, 3.8) is 0 Å². The Morgan fingerprint density at radius 2 is 2.50 bits per heavy atom. The molecule has 2 aromatic rings. The standard InChI is InChI=1S/C9H11N3OS/c1-7(8-2-3-14-5-8)12-6-10-11-9(12)4-13/h2-3,5-7,13H,4H2,1H3. The average molecular weight is 209 g/mol. The van der Waals surface area contributed by atoms with Crippen molar-refractivity contribution in [2.24, 2.45) is 0 Å². The van der Waals surface area contributed by atoms with E-state index in [9.17, 15) is 0 Å². The molecule has 0 spiro atoms. The van der Waals surface area contributed by atoms with Gasteiger partial charge in [-0.05, 0) is 29.3 Å². The first-order valence-electron chi connectivity index (χ1n) is 4.34. The van der Waals surface area contributed by atoms with Crippen molar-refractivity contribution in [3.8, 4) is 0 Å². The summed E-state index contributed by atoms with van der Waals surface area (Å²) in [7, 11) is 0. The van der Waals surface area contributed by atoms with Crippen molar-refractivity contribution in [1.82, 2.24) is 14.8 Å². The van der Waals surface area contributed by atoms with Gasteiger partial charge in [0.2, 0.25) is 0 Å². The summed E-state index contributed by atoms with van der Waals surface area (Å²) >= 11 is 1.66. The van der Waals surface area contributed by atoms with E-state index in [1.54, 1.807) is 17.7 Å². The highest BCUT2D eigenvalue weighted by molar-refractivity contribution is 7.07. The monoisotopic (exact) mass is 209 g/mol. The zero-order valence-electron chi connectivity index (χ0n) is 7.79. The number of aliphatic hydroxyl groups is 1. The third-order valence-electron chi connectivity index (χ3n) is 2.23. The lowest BCUT2D eigenvalue weighted by Gasteiger charge is -2.12. The maximum absolute atomic E-state index is 9.03. The number of hydrogen-bond acceptors (Lipinski definition) is 4. The quantitative estimate of drug-likeness (QED) is 0.832. The largest absolute Gasteiger partial charge is 0.388 e. The molecular formula is C9H11N3OS. The molecule has 0 bridgehead atoms. The van der Waals surface area contributed by atoms with Crippen LogP contribution in [0.5, 0.6) is 0 Å². The lowest BCUT2D eigenvalue weighted by atomic mass is 10.2. The molecule has 14 heavy (non-hydrogen) atoms. The molecule has 0 aliphatic heterocycles. The summed E-state index contributed by atoms with van der Waals surface area (Å²) in [5.74, 6) is 0.601. The SMILES string of the molecule is CC(c1ccsc1)n1cnnc1CO. The summed E-state index contributed by atoms with van der Waals surface area (Å²) in [5.41, 5.74) is 1.21. The van der Waals surface area contributed by atoms with Crippen LogP contribution in [0.4, 0.5) is 0 Å². The van der Waals surface area contributed by atoms with Crippen molar-refractivity contribution >= 4 is 11.3 Å². The van der Waals surface area contributed by atoms with Crippen LogP contribution in [0.2, 0.25) is 0 Å². The third kappa shape index (κ3) is 1.56. The lowest BCUT2D eigenvalue weighted by molar-refractivity contribution is 0.263. The Bertz CT molecular complexity index is 396. The molecule has 74 valence electrons. The topological polar surface area (TPSA) is 50.9 Å². The van der Waals surface area contributed by atoms with E-state index in [2.05, 4.69) is 28.6 Å². The van der Waals surface area contributed by atoms with E-state index >= 15 is 0 Å². The molecular weight excluding hydrogens is 198 g/mol. The molecule has 1 atom stereocenters. The van der Waals surface area contributed by atoms with Crippen LogP contribution in [0, 0.1) is 0 Å². The smallest absolute Gasteiger partial charge is 0.159 e. The van der Waals surface area contributed by atoms with E-state index in [-0.39, 0.29) is 12.6 Å². The fraction of sp³-hybridized carbons (Fsp3) is 0.333. The van der Waals surface area contributed by atoms with Crippen LogP contribution in [0.25, 0.3) is 0 Å². The second-order valence-electron chi connectivity index (χ2n) is 3.05. The molecule has 2 rings (SSSR count). The Morgan fingerprint density at radius 3 is 3.14 bits per heavy atom. The van der Waals surface area contributed by atoms with Gasteiger partial charge in [0.05, 0.1) is 6.04 Å². The van der Waals surface area contributed by atoms with E-state index < -0.39 is 0 Å². The minimum atomic E-state index is -0.0749. The van der Waals surface area contributed by atoms with Gasteiger partial charge in [0.1, 0.15) is 12.9 Å². The van der Waals surface area contributed by atoms with Crippen molar-refractivity contribution < 1.29 is 5.11 Å². The molecule has 2 heterocycles. The fourth-order valence-corrected chi connectivity index (χ4v) is 2.12. The summed E-state index contributed by atoms with van der Waals surface area (Å²) in [4.78, 5) is 0. The van der Waals surface area contributed by atoms with Crippen LogP contribution in [0.1, 0.15) is 24.4 Å². The summed E-state index contributed by atoms with van der Waals surface area (Å²) in [6.07, 6.45) is 1.65. The fourth-order valence-electron chi connectivity index (χ4n) is 1.38. The van der Waals surface area contributed by atoms with Gasteiger partial charge in [-0.15, -0.1) is 10.2 Å². The van der Waals surface area contributed by atoms with Gasteiger partial charge < -0.3 is 9.67 Å². The molecule has 0 amide bonds. The number of hydrogen-bond donors (Lipinski definition) is 1. The normalized spacial score (nSPS) is 13.0. The molecule has 1 N–H and O–H groups in total. The van der Waals surface area contributed by atoms with Crippen molar-refractivity contribution in [2.75, 3.05) is 0 Å². The van der Waals surface area contributed by atoms with E-state index in [1.165, 1.54) is 5.56 Å². The first-order valence-corrected chi connectivity index (χ1v) is 5.28. The summed E-state index contributed by atoms with van der Waals surface area (Å²) in [5, 5.41) is 20.8. The third-order valence-corrected chi connectivity index (χ3v) is 2.93. The molecule has 0 saturated heterocycles. The highest BCUT2D eigenvalue weighted by atomic mass is 32.1. The van der Waals surface area contributed by atoms with Crippen LogP contribution >= 0.6 is 11.3 Å². The van der Waals surface area contributed by atoms with Gasteiger partial charge in [-0.2, -0.15) is 11.3 Å². The van der Waals surface area contributed by atoms with E-state index in [1.807, 2.05) is 9.95 Å². The Morgan fingerprint density at radius 1 is 1.64 bits per heavy atom. The Kier molecular flexibility index (Phi) is 2.60. The molecule has 1 unspecified atom stereocenters. The predicted molar refractivity (Wildman–Crippen MR) is 54.1 cm³/mol. The highest BCUT2D eigenvalue weighted by Gasteiger charge is 2.12. The van der Waals surface area contributed by atoms with E-state index in [4.69, 9.17) is 5.11 Å². The maximum Gasteiger partial charge on any atom is 0.159 e. The number of thiophene rings is 1. The first-order chi connectivity index (χ1) is 6.83. The Labute approximate surface area is 85.8 Å². The van der Waals surface area contributed by atoms with Crippen LogP contribution < -0.4 is 0 Å². The van der Waals surface area contributed by atoms with Crippen molar-refractivity contribution in [3.05, 3.63) is 34.5 Å². The molecule has 0 aromatic carbocycles. The van der Waals surface area contributed by atoms with E-state index in [0.717, 1.165) is 0 Å². The molecule has 0 radical (unpaired) electrons. The van der Waals surface area contributed by atoms with Crippen LogP contribution in [0.15, 0.2) is 23.2 Å². The molecule has 0 fully saturated rings. The molecule has 4 nitrogen and oxygen atoms in total. The van der Waals surface area contributed by atoms with Crippen molar-refractivity contribution in [2.45, 2.75) is 19.6 Å². The molecule has 0 aliphatic carbocycles. The van der Waals surface area contributed by atoms with Crippen LogP contribution in [0.3, 0.4) is 0 Å². The number of aliphatic hydroxyl groups excluding tert-OH is 1. The van der Waals surface area contributed by atoms with Crippen molar-refractivity contribution in [1.29, 1.82) is 0 Å². The van der Waals surface area contributed by atoms with E-state index in [0.29, 0.717) is 5.82 Å². The average Bonchev–Trinajstić information content (AvgIpc) is 2.87. The number of rotatable bonds is 3. The van der Waals surface area contributed by atoms with Gasteiger partial charge in [0, 0.05) is 0 Å². The van der Waals surface area contributed by atoms with Crippen LogP contribution in [-0.4, -0.2) is 19.9 Å². The Balaban J connectivity index is 2.31. The summed E-state index contributed by atoms with van der Waals surface area (Å²) in [6, 6.07) is 2.25. The molecule has 0 saturated carbocycles. The zero-order chi connectivity index (χ0) is 9.97. The van der Waals surface area contributed by atoms with Crippen LogP contribution in [-0.2, 0) is 6.61 Å². The van der Waals surface area contributed by atoms with Gasteiger partial charge in [-0.3, -0.25) is 0 Å². The minimum absolute atomic E-state index is 0.0749. The molecule has 5 heteroatoms. The Hall–Kier alpha value is -1.20.